The Morgan fingerprint density at radius 1 is 0.964 bits per heavy atom. The van der Waals surface area contributed by atoms with Crippen LogP contribution in [0.5, 0.6) is 0 Å². The first-order valence-electron chi connectivity index (χ1n) is 10.1. The predicted octanol–water partition coefficient (Wildman–Crippen LogP) is 3.53. The summed E-state index contributed by atoms with van der Waals surface area (Å²) < 4.78 is 7.45. The maximum Gasteiger partial charge on any atom is 0.191 e. The molecule has 7 nitrogen and oxygen atoms in total. The third-order valence-corrected chi connectivity index (χ3v) is 4.81. The van der Waals surface area contributed by atoms with Crippen LogP contribution in [0.1, 0.15) is 68.6 Å². The zero-order valence-electron chi connectivity index (χ0n) is 18.1. The van der Waals surface area contributed by atoms with E-state index in [9.17, 15) is 0 Å². The molecule has 0 spiro atoms. The van der Waals surface area contributed by atoms with Gasteiger partial charge in [-0.3, -0.25) is 4.68 Å². The lowest BCUT2D eigenvalue weighted by Crippen LogP contribution is -2.37. The minimum Gasteiger partial charge on any atom is -0.361 e. The largest absolute Gasteiger partial charge is 0.361 e. The summed E-state index contributed by atoms with van der Waals surface area (Å²) in [6.45, 7) is 12.7. The van der Waals surface area contributed by atoms with Gasteiger partial charge in [0.25, 0.3) is 0 Å². The van der Waals surface area contributed by atoms with Gasteiger partial charge in [-0.1, -0.05) is 32.9 Å². The van der Waals surface area contributed by atoms with Crippen molar-refractivity contribution >= 4 is 29.9 Å². The van der Waals surface area contributed by atoms with Gasteiger partial charge in [0.2, 0.25) is 0 Å². The number of rotatable bonds is 9. The molecule has 158 valence electrons. The summed E-state index contributed by atoms with van der Waals surface area (Å²) in [4.78, 5) is 4.81. The van der Waals surface area contributed by atoms with E-state index < -0.39 is 0 Å². The standard InChI is InChI=1S/C20H34N6O.HI/c1-7-16-14(18(9-3)26(6)24-16)12-22-20(21-11-5)23-13-15-17(8-2)25-27-19(15)10-4;/h7-13H2,1-6H3,(H2,21,22,23);1H. The van der Waals surface area contributed by atoms with E-state index in [0.29, 0.717) is 13.1 Å². The van der Waals surface area contributed by atoms with Crippen LogP contribution in [-0.2, 0) is 45.8 Å². The number of aromatic nitrogens is 3. The van der Waals surface area contributed by atoms with Crippen LogP contribution in [0.4, 0.5) is 0 Å². The molecule has 2 aromatic rings. The molecule has 0 bridgehead atoms. The molecule has 0 amide bonds. The monoisotopic (exact) mass is 502 g/mol. The van der Waals surface area contributed by atoms with Crippen LogP contribution in [-0.4, -0.2) is 27.4 Å². The summed E-state index contributed by atoms with van der Waals surface area (Å²) in [6.07, 6.45) is 3.58. The van der Waals surface area contributed by atoms with E-state index in [1.165, 1.54) is 11.3 Å². The molecule has 0 aliphatic heterocycles. The molecule has 2 aromatic heterocycles. The van der Waals surface area contributed by atoms with E-state index in [2.05, 4.69) is 55.5 Å². The Balaban J connectivity index is 0.00000392. The number of nitrogens with zero attached hydrogens (tertiary/aromatic N) is 4. The Morgan fingerprint density at radius 2 is 1.68 bits per heavy atom. The molecule has 2 N–H and O–H groups in total. The van der Waals surface area contributed by atoms with Crippen molar-refractivity contribution in [1.29, 1.82) is 0 Å². The molecule has 0 saturated heterocycles. The molecule has 0 fully saturated rings. The molecular weight excluding hydrogens is 467 g/mol. The SMILES string of the molecule is CCNC(=NCc1c(CC)nn(C)c1CC)NCc1c(CC)noc1CC.I. The van der Waals surface area contributed by atoms with Gasteiger partial charge < -0.3 is 15.2 Å². The van der Waals surface area contributed by atoms with Gasteiger partial charge in [-0.2, -0.15) is 5.10 Å². The van der Waals surface area contributed by atoms with Gasteiger partial charge in [0.15, 0.2) is 5.96 Å². The molecule has 0 aliphatic rings. The van der Waals surface area contributed by atoms with E-state index in [-0.39, 0.29) is 24.0 Å². The van der Waals surface area contributed by atoms with E-state index in [1.807, 2.05) is 11.7 Å². The maximum atomic E-state index is 5.46. The van der Waals surface area contributed by atoms with Crippen molar-refractivity contribution in [3.05, 3.63) is 34.0 Å². The van der Waals surface area contributed by atoms with Crippen LogP contribution in [0.15, 0.2) is 9.52 Å². The summed E-state index contributed by atoms with van der Waals surface area (Å²) in [5.41, 5.74) is 5.80. The van der Waals surface area contributed by atoms with Crippen LogP contribution < -0.4 is 10.6 Å². The zero-order valence-corrected chi connectivity index (χ0v) is 20.4. The lowest BCUT2D eigenvalue weighted by molar-refractivity contribution is 0.380. The highest BCUT2D eigenvalue weighted by atomic mass is 127. The molecule has 0 atom stereocenters. The van der Waals surface area contributed by atoms with Gasteiger partial charge >= 0.3 is 0 Å². The molecular formula is C20H35IN6O. The topological polar surface area (TPSA) is 80.3 Å². The molecule has 0 aromatic carbocycles. The normalized spacial score (nSPS) is 11.4. The zero-order chi connectivity index (χ0) is 19.8. The summed E-state index contributed by atoms with van der Waals surface area (Å²) in [5, 5.41) is 15.6. The Kier molecular flexibility index (Phi) is 10.6. The number of halogens is 1. The van der Waals surface area contributed by atoms with Crippen LogP contribution in [0.2, 0.25) is 0 Å². The summed E-state index contributed by atoms with van der Waals surface area (Å²) in [5.74, 6) is 1.75. The van der Waals surface area contributed by atoms with E-state index in [0.717, 1.165) is 60.9 Å². The molecule has 8 heteroatoms. The van der Waals surface area contributed by atoms with Crippen LogP contribution in [0.25, 0.3) is 0 Å². The second kappa shape index (κ2) is 12.1. The minimum atomic E-state index is 0. The fourth-order valence-electron chi connectivity index (χ4n) is 3.38. The van der Waals surface area contributed by atoms with Gasteiger partial charge in [0.1, 0.15) is 5.76 Å². The van der Waals surface area contributed by atoms with Crippen molar-refractivity contribution in [2.45, 2.75) is 73.4 Å². The highest BCUT2D eigenvalue weighted by molar-refractivity contribution is 14.0. The van der Waals surface area contributed by atoms with Crippen molar-refractivity contribution in [3.8, 4) is 0 Å². The average Bonchev–Trinajstić information content (AvgIpc) is 3.22. The van der Waals surface area contributed by atoms with Gasteiger partial charge in [-0.05, 0) is 26.2 Å². The molecule has 2 rings (SSSR count). The Morgan fingerprint density at radius 3 is 2.25 bits per heavy atom. The van der Waals surface area contributed by atoms with Crippen molar-refractivity contribution in [2.75, 3.05) is 6.54 Å². The quantitative estimate of drug-likeness (QED) is 0.312. The number of nitrogens with one attached hydrogen (secondary N) is 2. The molecule has 28 heavy (non-hydrogen) atoms. The van der Waals surface area contributed by atoms with Crippen molar-refractivity contribution in [2.24, 2.45) is 12.0 Å². The smallest absolute Gasteiger partial charge is 0.191 e. The van der Waals surface area contributed by atoms with Crippen molar-refractivity contribution < 1.29 is 4.52 Å². The predicted molar refractivity (Wildman–Crippen MR) is 124 cm³/mol. The molecule has 0 unspecified atom stereocenters. The molecule has 2 heterocycles. The third kappa shape index (κ3) is 5.71. The lowest BCUT2D eigenvalue weighted by atomic mass is 10.1. The maximum absolute atomic E-state index is 5.46. The fourth-order valence-corrected chi connectivity index (χ4v) is 3.38. The lowest BCUT2D eigenvalue weighted by Gasteiger charge is -2.12. The van der Waals surface area contributed by atoms with Gasteiger partial charge in [0, 0.05) is 43.4 Å². The van der Waals surface area contributed by atoms with Crippen LogP contribution in [0, 0.1) is 0 Å². The highest BCUT2D eigenvalue weighted by Gasteiger charge is 2.15. The second-order valence-electron chi connectivity index (χ2n) is 6.49. The number of aryl methyl sites for hydroxylation is 4. The summed E-state index contributed by atoms with van der Waals surface area (Å²) >= 11 is 0. The van der Waals surface area contributed by atoms with E-state index in [4.69, 9.17) is 9.52 Å². The van der Waals surface area contributed by atoms with E-state index in [1.54, 1.807) is 0 Å². The van der Waals surface area contributed by atoms with Crippen LogP contribution in [0.3, 0.4) is 0 Å². The van der Waals surface area contributed by atoms with Crippen molar-refractivity contribution in [1.82, 2.24) is 25.6 Å². The molecule has 0 radical (unpaired) electrons. The first-order valence-corrected chi connectivity index (χ1v) is 10.1. The Bertz CT molecular complexity index is 744. The highest BCUT2D eigenvalue weighted by Crippen LogP contribution is 2.17. The summed E-state index contributed by atoms with van der Waals surface area (Å²) in [7, 11) is 2.01. The number of hydrogen-bond donors (Lipinski definition) is 2. The first kappa shape index (κ1) is 24.5. The number of aliphatic imine (C=N–C) groups is 1. The first-order chi connectivity index (χ1) is 13.1. The Hall–Kier alpha value is -1.58. The van der Waals surface area contributed by atoms with E-state index >= 15 is 0 Å². The van der Waals surface area contributed by atoms with Gasteiger partial charge in [-0.25, -0.2) is 4.99 Å². The van der Waals surface area contributed by atoms with Crippen molar-refractivity contribution in [3.63, 3.8) is 0 Å². The fraction of sp³-hybridized carbons (Fsp3) is 0.650. The minimum absolute atomic E-state index is 0. The van der Waals surface area contributed by atoms with Crippen LogP contribution >= 0.6 is 24.0 Å². The average molecular weight is 502 g/mol. The second-order valence-corrected chi connectivity index (χ2v) is 6.49. The Labute approximate surface area is 185 Å². The molecule has 0 saturated carbocycles. The van der Waals surface area contributed by atoms with Gasteiger partial charge in [0.05, 0.1) is 17.9 Å². The third-order valence-electron chi connectivity index (χ3n) is 4.81. The van der Waals surface area contributed by atoms with Gasteiger partial charge in [-0.15, -0.1) is 24.0 Å². The summed E-state index contributed by atoms with van der Waals surface area (Å²) in [6, 6.07) is 0. The number of hydrogen-bond acceptors (Lipinski definition) is 4. The number of guanidine groups is 1. The molecule has 0 aliphatic carbocycles.